The van der Waals surface area contributed by atoms with Gasteiger partial charge in [-0.05, 0) is 39.0 Å². The van der Waals surface area contributed by atoms with Crippen molar-refractivity contribution in [2.75, 3.05) is 13.2 Å². The highest BCUT2D eigenvalue weighted by molar-refractivity contribution is 5.84. The molecule has 0 heterocycles. The fourth-order valence-electron chi connectivity index (χ4n) is 1.82. The minimum atomic E-state index is -0.560. The normalized spacial score (nSPS) is 18.9. The van der Waals surface area contributed by atoms with Crippen LogP contribution in [0.25, 0.3) is 0 Å². The quantitative estimate of drug-likeness (QED) is 0.572. The average Bonchev–Trinajstić information content (AvgIpc) is 3.07. The number of nitrogens with two attached hydrogens (primary N) is 1. The molecule has 4 nitrogen and oxygen atoms in total. The Morgan fingerprint density at radius 1 is 1.41 bits per heavy atom. The predicted molar refractivity (Wildman–Crippen MR) is 68.7 cm³/mol. The van der Waals surface area contributed by atoms with Crippen molar-refractivity contribution in [3.63, 3.8) is 0 Å². The van der Waals surface area contributed by atoms with Crippen molar-refractivity contribution >= 4 is 5.91 Å². The van der Waals surface area contributed by atoms with Gasteiger partial charge in [-0.1, -0.05) is 13.3 Å². The van der Waals surface area contributed by atoms with Gasteiger partial charge >= 0.3 is 0 Å². The van der Waals surface area contributed by atoms with Gasteiger partial charge in [0.15, 0.2) is 0 Å². The maximum Gasteiger partial charge on any atom is 0.237 e. The summed E-state index contributed by atoms with van der Waals surface area (Å²) < 4.78 is 5.49. The third-order valence-electron chi connectivity index (χ3n) is 3.25. The summed E-state index contributed by atoms with van der Waals surface area (Å²) >= 11 is 0. The lowest BCUT2D eigenvalue weighted by Crippen LogP contribution is -2.54. The van der Waals surface area contributed by atoms with Gasteiger partial charge in [-0.2, -0.15) is 0 Å². The van der Waals surface area contributed by atoms with E-state index in [0.717, 1.165) is 51.7 Å². The molecule has 0 aromatic heterocycles. The van der Waals surface area contributed by atoms with Crippen molar-refractivity contribution in [3.05, 3.63) is 0 Å². The molecule has 0 aromatic rings. The van der Waals surface area contributed by atoms with Gasteiger partial charge in [0.05, 0.1) is 5.54 Å². The number of hydrogen-bond donors (Lipinski definition) is 2. The van der Waals surface area contributed by atoms with Crippen LogP contribution in [-0.2, 0) is 9.53 Å². The molecule has 1 fully saturated rings. The second-order valence-electron chi connectivity index (χ2n) is 5.18. The molecule has 0 aromatic carbocycles. The number of ether oxygens (including phenoxy) is 1. The molecule has 0 aliphatic heterocycles. The zero-order valence-corrected chi connectivity index (χ0v) is 11.1. The van der Waals surface area contributed by atoms with Gasteiger partial charge < -0.3 is 15.8 Å². The van der Waals surface area contributed by atoms with Gasteiger partial charge in [-0.15, -0.1) is 0 Å². The van der Waals surface area contributed by atoms with E-state index in [1.807, 2.05) is 6.92 Å². The summed E-state index contributed by atoms with van der Waals surface area (Å²) in [7, 11) is 0. The van der Waals surface area contributed by atoms with Crippen molar-refractivity contribution in [1.82, 2.24) is 5.32 Å². The molecule has 1 atom stereocenters. The van der Waals surface area contributed by atoms with Crippen LogP contribution in [0.15, 0.2) is 0 Å². The van der Waals surface area contributed by atoms with Gasteiger partial charge in [0.2, 0.25) is 5.91 Å². The largest absolute Gasteiger partial charge is 0.381 e. The Balaban J connectivity index is 2.17. The molecule has 17 heavy (non-hydrogen) atoms. The standard InChI is InChI=1S/C13H26N2O2/c1-3-4-9-17-10-5-8-13(2,12(14)16)15-11-6-7-11/h11,15H,3-10H2,1-2H3,(H2,14,16). The second-order valence-corrected chi connectivity index (χ2v) is 5.18. The number of carbonyl (C=O) groups is 1. The van der Waals surface area contributed by atoms with E-state index in [1.165, 1.54) is 0 Å². The molecule has 3 N–H and O–H groups in total. The summed E-state index contributed by atoms with van der Waals surface area (Å²) in [5.74, 6) is -0.252. The van der Waals surface area contributed by atoms with E-state index in [4.69, 9.17) is 10.5 Å². The first kappa shape index (κ1) is 14.5. The Bertz CT molecular complexity index is 242. The molecular weight excluding hydrogens is 216 g/mol. The van der Waals surface area contributed by atoms with Gasteiger partial charge in [0.25, 0.3) is 0 Å². The highest BCUT2D eigenvalue weighted by atomic mass is 16.5. The first-order valence-corrected chi connectivity index (χ1v) is 6.74. The molecule has 0 spiro atoms. The van der Waals surface area contributed by atoms with Crippen LogP contribution in [0.1, 0.15) is 52.4 Å². The van der Waals surface area contributed by atoms with Gasteiger partial charge in [-0.25, -0.2) is 0 Å². The van der Waals surface area contributed by atoms with Crippen LogP contribution in [0.4, 0.5) is 0 Å². The SMILES string of the molecule is CCCCOCCCC(C)(NC1CC1)C(N)=O. The maximum absolute atomic E-state index is 11.5. The fourth-order valence-corrected chi connectivity index (χ4v) is 1.82. The zero-order valence-electron chi connectivity index (χ0n) is 11.1. The molecule has 1 saturated carbocycles. The topological polar surface area (TPSA) is 64.3 Å². The lowest BCUT2D eigenvalue weighted by molar-refractivity contribution is -0.124. The molecule has 1 unspecified atom stereocenters. The zero-order chi connectivity index (χ0) is 12.7. The van der Waals surface area contributed by atoms with E-state index in [2.05, 4.69) is 12.2 Å². The van der Waals surface area contributed by atoms with Gasteiger partial charge in [-0.3, -0.25) is 4.79 Å². The smallest absolute Gasteiger partial charge is 0.237 e. The van der Waals surface area contributed by atoms with E-state index in [1.54, 1.807) is 0 Å². The minimum Gasteiger partial charge on any atom is -0.381 e. The molecule has 1 rings (SSSR count). The van der Waals surface area contributed by atoms with E-state index in [-0.39, 0.29) is 5.91 Å². The molecule has 1 aliphatic rings. The van der Waals surface area contributed by atoms with E-state index < -0.39 is 5.54 Å². The van der Waals surface area contributed by atoms with Crippen molar-refractivity contribution in [1.29, 1.82) is 0 Å². The first-order valence-electron chi connectivity index (χ1n) is 6.74. The summed E-state index contributed by atoms with van der Waals surface area (Å²) in [6.45, 7) is 5.59. The Hall–Kier alpha value is -0.610. The molecule has 1 aliphatic carbocycles. The van der Waals surface area contributed by atoms with Crippen LogP contribution in [0, 0.1) is 0 Å². The van der Waals surface area contributed by atoms with Crippen LogP contribution in [0.2, 0.25) is 0 Å². The molecule has 4 heteroatoms. The monoisotopic (exact) mass is 242 g/mol. The summed E-state index contributed by atoms with van der Waals surface area (Å²) in [5, 5.41) is 3.34. The number of unbranched alkanes of at least 4 members (excludes halogenated alkanes) is 1. The van der Waals surface area contributed by atoms with Crippen molar-refractivity contribution < 1.29 is 9.53 Å². The third-order valence-corrected chi connectivity index (χ3v) is 3.25. The lowest BCUT2D eigenvalue weighted by Gasteiger charge is -2.27. The van der Waals surface area contributed by atoms with Crippen molar-refractivity contribution in [3.8, 4) is 0 Å². The summed E-state index contributed by atoms with van der Waals surface area (Å²) in [6.07, 6.45) is 6.22. The lowest BCUT2D eigenvalue weighted by atomic mass is 9.95. The predicted octanol–water partition coefficient (Wildman–Crippen LogP) is 1.58. The number of primary amides is 1. The molecule has 0 saturated heterocycles. The highest BCUT2D eigenvalue weighted by Crippen LogP contribution is 2.24. The second kappa shape index (κ2) is 6.97. The van der Waals surface area contributed by atoms with Crippen LogP contribution in [0.5, 0.6) is 0 Å². The minimum absolute atomic E-state index is 0.252. The van der Waals surface area contributed by atoms with Gasteiger partial charge in [0.1, 0.15) is 0 Å². The van der Waals surface area contributed by atoms with E-state index in [0.29, 0.717) is 6.04 Å². The van der Waals surface area contributed by atoms with Crippen LogP contribution < -0.4 is 11.1 Å². The molecule has 100 valence electrons. The summed E-state index contributed by atoms with van der Waals surface area (Å²) in [6, 6.07) is 0.494. The summed E-state index contributed by atoms with van der Waals surface area (Å²) in [4.78, 5) is 11.5. The fraction of sp³-hybridized carbons (Fsp3) is 0.923. The van der Waals surface area contributed by atoms with E-state index >= 15 is 0 Å². The highest BCUT2D eigenvalue weighted by Gasteiger charge is 2.36. The van der Waals surface area contributed by atoms with Gasteiger partial charge in [0, 0.05) is 19.3 Å². The average molecular weight is 242 g/mol. The van der Waals surface area contributed by atoms with Crippen molar-refractivity contribution in [2.24, 2.45) is 5.73 Å². The van der Waals surface area contributed by atoms with Crippen LogP contribution >= 0.6 is 0 Å². The van der Waals surface area contributed by atoms with Crippen LogP contribution in [0.3, 0.4) is 0 Å². The van der Waals surface area contributed by atoms with E-state index in [9.17, 15) is 4.79 Å². The number of amides is 1. The summed E-state index contributed by atoms with van der Waals surface area (Å²) in [5.41, 5.74) is 4.91. The van der Waals surface area contributed by atoms with Crippen LogP contribution in [-0.4, -0.2) is 30.7 Å². The van der Waals surface area contributed by atoms with Crippen molar-refractivity contribution in [2.45, 2.75) is 64.0 Å². The molecule has 0 bridgehead atoms. The number of carbonyl (C=O) groups excluding carboxylic acids is 1. The number of nitrogens with one attached hydrogen (secondary N) is 1. The third kappa shape index (κ3) is 5.50. The maximum atomic E-state index is 11.5. The number of rotatable bonds is 10. The Kier molecular flexibility index (Phi) is 5.92. The first-order chi connectivity index (χ1) is 8.08. The molecular formula is C13H26N2O2. The molecule has 1 amide bonds. The Morgan fingerprint density at radius 3 is 2.59 bits per heavy atom. The Morgan fingerprint density at radius 2 is 2.06 bits per heavy atom. The number of hydrogen-bond acceptors (Lipinski definition) is 3. The molecule has 0 radical (unpaired) electrons. The Labute approximate surface area is 104 Å².